The van der Waals surface area contributed by atoms with E-state index in [4.69, 9.17) is 27.9 Å². The van der Waals surface area contributed by atoms with Crippen LogP contribution in [0.1, 0.15) is 37.6 Å². The van der Waals surface area contributed by atoms with Gasteiger partial charge in [-0.25, -0.2) is 14.3 Å². The third-order valence-corrected chi connectivity index (χ3v) is 7.28. The van der Waals surface area contributed by atoms with Crippen molar-refractivity contribution in [1.82, 2.24) is 14.7 Å². The van der Waals surface area contributed by atoms with Crippen LogP contribution in [0.25, 0.3) is 5.69 Å². The molecule has 1 aliphatic rings. The minimum Gasteiger partial charge on any atom is -0.467 e. The first kappa shape index (κ1) is 30.2. The van der Waals surface area contributed by atoms with Crippen molar-refractivity contribution in [2.45, 2.75) is 51.4 Å². The Hall–Kier alpha value is -3.77. The van der Waals surface area contributed by atoms with Crippen LogP contribution in [0.5, 0.6) is 0 Å². The van der Waals surface area contributed by atoms with Crippen LogP contribution in [-0.4, -0.2) is 51.9 Å². The van der Waals surface area contributed by atoms with Gasteiger partial charge in [0.1, 0.15) is 11.9 Å². The fourth-order valence-electron chi connectivity index (χ4n) is 4.33. The Morgan fingerprint density at radius 3 is 2.37 bits per heavy atom. The first-order valence-corrected chi connectivity index (χ1v) is 13.1. The van der Waals surface area contributed by atoms with Crippen molar-refractivity contribution in [1.29, 1.82) is 0 Å². The number of alkyl halides is 3. The third kappa shape index (κ3) is 6.43. The van der Waals surface area contributed by atoms with Gasteiger partial charge in [0.2, 0.25) is 0 Å². The summed E-state index contributed by atoms with van der Waals surface area (Å²) in [6.45, 7) is 5.38. The molecular weight excluding hydrogens is 586 g/mol. The molecule has 2 N–H and O–H groups in total. The molecule has 3 amide bonds. The number of esters is 1. The van der Waals surface area contributed by atoms with Crippen LogP contribution in [0, 0.1) is 0 Å². The first-order chi connectivity index (χ1) is 19.1. The number of hydrogen-bond donors (Lipinski definition) is 2. The maximum atomic E-state index is 13.3. The maximum Gasteiger partial charge on any atom is 0.471 e. The second kappa shape index (κ2) is 11.2. The number of aromatic nitrogens is 2. The fraction of sp³-hybridized carbons (Fsp3) is 0.333. The monoisotopic (exact) mass is 611 g/mol. The van der Waals surface area contributed by atoms with Crippen molar-refractivity contribution in [2.24, 2.45) is 0 Å². The molecule has 0 spiro atoms. The number of methoxy groups -OCH3 is 1. The number of ether oxygens (including phenoxy) is 1. The summed E-state index contributed by atoms with van der Waals surface area (Å²) in [7, 11) is 1.04. The van der Waals surface area contributed by atoms with Crippen molar-refractivity contribution in [3.8, 4) is 5.69 Å². The van der Waals surface area contributed by atoms with Gasteiger partial charge in [-0.15, -0.1) is 0 Å². The number of rotatable bonds is 4. The zero-order valence-electron chi connectivity index (χ0n) is 22.4. The van der Waals surface area contributed by atoms with E-state index in [1.807, 2.05) is 20.8 Å². The van der Waals surface area contributed by atoms with E-state index in [1.165, 1.54) is 4.68 Å². The van der Waals surface area contributed by atoms with Crippen molar-refractivity contribution in [3.05, 3.63) is 69.3 Å². The second-order valence-corrected chi connectivity index (χ2v) is 11.2. The lowest BCUT2D eigenvalue weighted by Crippen LogP contribution is -2.53. The van der Waals surface area contributed by atoms with Crippen LogP contribution >= 0.6 is 23.2 Å². The molecule has 2 heterocycles. The van der Waals surface area contributed by atoms with E-state index in [9.17, 15) is 27.6 Å². The molecule has 0 radical (unpaired) electrons. The number of anilines is 2. The Bertz CT molecular complexity index is 1520. The molecule has 1 atom stereocenters. The number of nitrogens with zero attached hydrogens (tertiary/aromatic N) is 3. The van der Waals surface area contributed by atoms with E-state index >= 15 is 0 Å². The molecule has 0 saturated heterocycles. The largest absolute Gasteiger partial charge is 0.471 e. The van der Waals surface area contributed by atoms with Gasteiger partial charge < -0.3 is 15.0 Å². The molecule has 1 aliphatic heterocycles. The summed E-state index contributed by atoms with van der Waals surface area (Å²) in [6.07, 6.45) is -5.36. The lowest BCUT2D eigenvalue weighted by atomic mass is 9.92. The highest BCUT2D eigenvalue weighted by Crippen LogP contribution is 2.33. The van der Waals surface area contributed by atoms with Crippen LogP contribution in [0.3, 0.4) is 0 Å². The van der Waals surface area contributed by atoms with E-state index in [2.05, 4.69) is 15.7 Å². The van der Waals surface area contributed by atoms with Crippen LogP contribution in [0.15, 0.2) is 42.5 Å². The summed E-state index contributed by atoms with van der Waals surface area (Å²) < 4.78 is 45.9. The Morgan fingerprint density at radius 2 is 1.73 bits per heavy atom. The minimum atomic E-state index is -5.15. The number of fused-ring (bicyclic) bond motifs is 1. The van der Waals surface area contributed by atoms with Gasteiger partial charge >= 0.3 is 24.1 Å². The highest BCUT2D eigenvalue weighted by molar-refractivity contribution is 6.44. The molecule has 1 unspecified atom stereocenters. The Balaban J connectivity index is 1.70. The molecule has 1 aromatic heterocycles. The van der Waals surface area contributed by atoms with Gasteiger partial charge in [-0.05, 0) is 35.4 Å². The van der Waals surface area contributed by atoms with Crippen LogP contribution in [0.4, 0.5) is 29.5 Å². The Kier molecular flexibility index (Phi) is 8.28. The fourth-order valence-corrected chi connectivity index (χ4v) is 4.67. The van der Waals surface area contributed by atoms with Gasteiger partial charge in [-0.3, -0.25) is 10.1 Å². The molecule has 9 nitrogen and oxygen atoms in total. The zero-order chi connectivity index (χ0) is 30.3. The smallest absolute Gasteiger partial charge is 0.467 e. The second-order valence-electron chi connectivity index (χ2n) is 10.4. The lowest BCUT2D eigenvalue weighted by Gasteiger charge is -2.35. The summed E-state index contributed by atoms with van der Waals surface area (Å²) in [4.78, 5) is 37.8. The van der Waals surface area contributed by atoms with E-state index in [-0.39, 0.29) is 16.5 Å². The quantitative estimate of drug-likeness (QED) is 0.346. The van der Waals surface area contributed by atoms with Gasteiger partial charge in [0, 0.05) is 24.4 Å². The summed E-state index contributed by atoms with van der Waals surface area (Å²) in [5.41, 5.74) is 1.95. The zero-order valence-corrected chi connectivity index (χ0v) is 23.9. The van der Waals surface area contributed by atoms with E-state index in [1.54, 1.807) is 42.5 Å². The number of amides is 3. The van der Waals surface area contributed by atoms with Gasteiger partial charge in [0.15, 0.2) is 0 Å². The molecule has 0 bridgehead atoms. The average Bonchev–Trinajstić information content (AvgIpc) is 3.33. The van der Waals surface area contributed by atoms with Crippen LogP contribution in [0.2, 0.25) is 10.0 Å². The van der Waals surface area contributed by atoms with Gasteiger partial charge in [-0.2, -0.15) is 18.3 Å². The summed E-state index contributed by atoms with van der Waals surface area (Å²) in [5.74, 6) is -2.80. The van der Waals surface area contributed by atoms with Crippen molar-refractivity contribution < 1.29 is 32.3 Å². The molecule has 218 valence electrons. The lowest BCUT2D eigenvalue weighted by molar-refractivity contribution is -0.191. The Morgan fingerprint density at radius 1 is 1.02 bits per heavy atom. The number of nitrogens with one attached hydrogen (secondary N) is 2. The van der Waals surface area contributed by atoms with E-state index in [0.717, 1.165) is 7.11 Å². The molecule has 0 fully saturated rings. The molecule has 14 heteroatoms. The van der Waals surface area contributed by atoms with Crippen molar-refractivity contribution in [3.63, 3.8) is 0 Å². The molecular formula is C27H26Cl2F3N5O4. The highest BCUT2D eigenvalue weighted by Gasteiger charge is 2.48. The summed E-state index contributed by atoms with van der Waals surface area (Å²) >= 11 is 12.2. The normalized spacial score (nSPS) is 15.2. The van der Waals surface area contributed by atoms with Gasteiger partial charge in [0.25, 0.3) is 0 Å². The molecule has 4 rings (SSSR count). The van der Waals surface area contributed by atoms with Gasteiger partial charge in [0.05, 0.1) is 34.2 Å². The van der Waals surface area contributed by atoms with E-state index in [0.29, 0.717) is 38.9 Å². The molecule has 2 aromatic carbocycles. The highest BCUT2D eigenvalue weighted by atomic mass is 35.5. The number of benzene rings is 2. The number of carbonyl (C=O) groups excluding carboxylic acids is 3. The topological polar surface area (TPSA) is 106 Å². The maximum absolute atomic E-state index is 13.3. The number of hydrogen-bond acceptors (Lipinski definition) is 5. The molecule has 41 heavy (non-hydrogen) atoms. The third-order valence-electron chi connectivity index (χ3n) is 6.46. The average molecular weight is 612 g/mol. The predicted molar refractivity (Wildman–Crippen MR) is 147 cm³/mol. The minimum absolute atomic E-state index is 0.168. The molecule has 0 saturated carbocycles. The number of halogens is 5. The molecule has 3 aromatic rings. The standard InChI is InChI=1S/C27H26Cl2F3N5O4/c1-26(2,3)20-12-21(34-25(40)33-18-7-5-6-17(28)22(18)29)37(35-20)16-9-8-14-13-36(24(39)27(30,31)32)19(23(38)41-4)11-15(14)10-16/h5-10,12,19H,11,13H2,1-4H3,(H2,33,34,40). The van der Waals surface area contributed by atoms with E-state index < -0.39 is 42.1 Å². The predicted octanol–water partition coefficient (Wildman–Crippen LogP) is 6.11. The van der Waals surface area contributed by atoms with Crippen LogP contribution < -0.4 is 10.6 Å². The number of carbonyl (C=O) groups is 3. The van der Waals surface area contributed by atoms with Gasteiger partial charge in [-0.1, -0.05) is 56.1 Å². The summed E-state index contributed by atoms with van der Waals surface area (Å²) in [5, 5.41) is 10.5. The number of urea groups is 1. The van der Waals surface area contributed by atoms with Crippen molar-refractivity contribution >= 4 is 52.6 Å². The molecule has 0 aliphatic carbocycles. The Labute approximate surface area is 243 Å². The summed E-state index contributed by atoms with van der Waals surface area (Å²) in [6, 6.07) is 9.20. The SMILES string of the molecule is COC(=O)C1Cc2cc(-n3nc(C(C)(C)C)cc3NC(=O)Nc3cccc(Cl)c3Cl)ccc2CN1C(=O)C(F)(F)F. The van der Waals surface area contributed by atoms with Crippen molar-refractivity contribution in [2.75, 3.05) is 17.7 Å². The first-order valence-electron chi connectivity index (χ1n) is 12.3. The van der Waals surface area contributed by atoms with Crippen LogP contribution in [-0.2, 0) is 32.7 Å².